The number of aromatic hydroxyl groups is 1. The first-order valence-electron chi connectivity index (χ1n) is 6.50. The van der Waals surface area contributed by atoms with Crippen molar-refractivity contribution in [3.8, 4) is 5.75 Å². The normalized spacial score (nSPS) is 11.1. The summed E-state index contributed by atoms with van der Waals surface area (Å²) in [7, 11) is 0. The number of nitrogens with one attached hydrogen (secondary N) is 1. The number of phenols is 1. The van der Waals surface area contributed by atoms with Crippen molar-refractivity contribution in [1.29, 1.82) is 0 Å². The smallest absolute Gasteiger partial charge is 0.125 e. The van der Waals surface area contributed by atoms with Crippen LogP contribution < -0.4 is 5.43 Å². The standard InChI is InChI=1S/C17H13ClN2O/c18-15-7-3-4-8-16(15)20-19-11-14-13-6-2-1-5-12(13)9-10-17(14)21/h1-11,20-21H. The molecule has 0 radical (unpaired) electrons. The lowest BCUT2D eigenvalue weighted by Crippen LogP contribution is -1.92. The molecule has 2 N–H and O–H groups in total. The summed E-state index contributed by atoms with van der Waals surface area (Å²) in [6, 6.07) is 18.7. The van der Waals surface area contributed by atoms with Crippen LogP contribution in [0.5, 0.6) is 5.75 Å². The van der Waals surface area contributed by atoms with Crippen molar-refractivity contribution in [2.24, 2.45) is 5.10 Å². The zero-order valence-electron chi connectivity index (χ0n) is 11.1. The number of phenolic OH excluding ortho intramolecular Hbond substituents is 1. The lowest BCUT2D eigenvalue weighted by atomic mass is 10.0. The van der Waals surface area contributed by atoms with Crippen LogP contribution in [0.4, 0.5) is 5.69 Å². The van der Waals surface area contributed by atoms with Crippen molar-refractivity contribution < 1.29 is 5.11 Å². The van der Waals surface area contributed by atoms with Crippen molar-refractivity contribution in [3.63, 3.8) is 0 Å². The van der Waals surface area contributed by atoms with Crippen LogP contribution in [0.2, 0.25) is 5.02 Å². The van der Waals surface area contributed by atoms with Gasteiger partial charge >= 0.3 is 0 Å². The number of anilines is 1. The molecule has 3 rings (SSSR count). The predicted molar refractivity (Wildman–Crippen MR) is 88.3 cm³/mol. The molecule has 3 aromatic carbocycles. The minimum Gasteiger partial charge on any atom is -0.507 e. The zero-order chi connectivity index (χ0) is 14.7. The second-order valence-electron chi connectivity index (χ2n) is 4.57. The van der Waals surface area contributed by atoms with Gasteiger partial charge in [0.05, 0.1) is 16.9 Å². The van der Waals surface area contributed by atoms with E-state index in [1.54, 1.807) is 18.3 Å². The summed E-state index contributed by atoms with van der Waals surface area (Å²) in [5, 5.41) is 16.8. The molecule has 0 heterocycles. The topological polar surface area (TPSA) is 44.6 Å². The molecule has 0 saturated heterocycles. The first-order chi connectivity index (χ1) is 10.3. The van der Waals surface area contributed by atoms with E-state index in [9.17, 15) is 5.11 Å². The molecule has 3 nitrogen and oxygen atoms in total. The highest BCUT2D eigenvalue weighted by molar-refractivity contribution is 6.33. The fourth-order valence-electron chi connectivity index (χ4n) is 2.14. The number of rotatable bonds is 3. The van der Waals surface area contributed by atoms with Gasteiger partial charge in [0.15, 0.2) is 0 Å². The minimum atomic E-state index is 0.193. The lowest BCUT2D eigenvalue weighted by Gasteiger charge is -2.05. The summed E-state index contributed by atoms with van der Waals surface area (Å²) < 4.78 is 0. The quantitative estimate of drug-likeness (QED) is 0.546. The summed E-state index contributed by atoms with van der Waals surface area (Å²) in [6.07, 6.45) is 1.60. The summed E-state index contributed by atoms with van der Waals surface area (Å²) in [5.74, 6) is 0.193. The third kappa shape index (κ3) is 2.83. The number of hydrogen-bond acceptors (Lipinski definition) is 3. The number of hydrogen-bond donors (Lipinski definition) is 2. The maximum Gasteiger partial charge on any atom is 0.125 e. The van der Waals surface area contributed by atoms with Crippen LogP contribution in [0, 0.1) is 0 Å². The van der Waals surface area contributed by atoms with Gasteiger partial charge in [0.25, 0.3) is 0 Å². The second-order valence-corrected chi connectivity index (χ2v) is 4.98. The average Bonchev–Trinajstić information content (AvgIpc) is 2.51. The van der Waals surface area contributed by atoms with Crippen LogP contribution in [-0.4, -0.2) is 11.3 Å². The van der Waals surface area contributed by atoms with Crippen LogP contribution in [0.1, 0.15) is 5.56 Å². The van der Waals surface area contributed by atoms with Crippen molar-refractivity contribution in [1.82, 2.24) is 0 Å². The zero-order valence-corrected chi connectivity index (χ0v) is 11.9. The van der Waals surface area contributed by atoms with E-state index in [2.05, 4.69) is 10.5 Å². The van der Waals surface area contributed by atoms with Crippen molar-refractivity contribution in [2.75, 3.05) is 5.43 Å². The molecule has 21 heavy (non-hydrogen) atoms. The maximum absolute atomic E-state index is 10.0. The van der Waals surface area contributed by atoms with Crippen LogP contribution in [0.15, 0.2) is 65.8 Å². The number of hydrazone groups is 1. The Balaban J connectivity index is 1.93. The van der Waals surface area contributed by atoms with E-state index < -0.39 is 0 Å². The van der Waals surface area contributed by atoms with E-state index in [0.29, 0.717) is 10.6 Å². The Labute approximate surface area is 127 Å². The van der Waals surface area contributed by atoms with Crippen molar-refractivity contribution in [2.45, 2.75) is 0 Å². The van der Waals surface area contributed by atoms with Gasteiger partial charge in [-0.05, 0) is 29.0 Å². The van der Waals surface area contributed by atoms with Crippen LogP contribution >= 0.6 is 11.6 Å². The molecule has 0 amide bonds. The Morgan fingerprint density at radius 1 is 0.952 bits per heavy atom. The first kappa shape index (κ1) is 13.5. The van der Waals surface area contributed by atoms with E-state index in [4.69, 9.17) is 11.6 Å². The fourth-order valence-corrected chi connectivity index (χ4v) is 2.32. The van der Waals surface area contributed by atoms with Gasteiger partial charge < -0.3 is 5.11 Å². The molecule has 4 heteroatoms. The second kappa shape index (κ2) is 5.85. The van der Waals surface area contributed by atoms with Crippen molar-refractivity contribution >= 4 is 34.3 Å². The molecule has 0 unspecified atom stereocenters. The number of benzene rings is 3. The van der Waals surface area contributed by atoms with Crippen LogP contribution in [0.25, 0.3) is 10.8 Å². The van der Waals surface area contributed by atoms with Gasteiger partial charge in [0.1, 0.15) is 5.75 Å². The number of halogens is 1. The number of para-hydroxylation sites is 1. The largest absolute Gasteiger partial charge is 0.507 e. The number of nitrogens with zero attached hydrogens (tertiary/aromatic N) is 1. The Bertz CT molecular complexity index is 815. The Morgan fingerprint density at radius 2 is 1.71 bits per heavy atom. The van der Waals surface area contributed by atoms with Gasteiger partial charge in [-0.15, -0.1) is 0 Å². The molecule has 0 aliphatic carbocycles. The van der Waals surface area contributed by atoms with Gasteiger partial charge in [-0.3, -0.25) is 5.43 Å². The van der Waals surface area contributed by atoms with E-state index in [1.165, 1.54) is 0 Å². The highest BCUT2D eigenvalue weighted by atomic mass is 35.5. The van der Waals surface area contributed by atoms with E-state index in [0.717, 1.165) is 16.5 Å². The van der Waals surface area contributed by atoms with E-state index in [-0.39, 0.29) is 5.75 Å². The lowest BCUT2D eigenvalue weighted by molar-refractivity contribution is 0.475. The molecular weight excluding hydrogens is 284 g/mol. The van der Waals surface area contributed by atoms with Gasteiger partial charge in [-0.25, -0.2) is 0 Å². The predicted octanol–water partition coefficient (Wildman–Crippen LogP) is 4.64. The first-order valence-corrected chi connectivity index (χ1v) is 6.88. The molecule has 3 aromatic rings. The summed E-state index contributed by atoms with van der Waals surface area (Å²) in [6.45, 7) is 0. The highest BCUT2D eigenvalue weighted by Crippen LogP contribution is 2.26. The molecular formula is C17H13ClN2O. The van der Waals surface area contributed by atoms with Crippen LogP contribution in [-0.2, 0) is 0 Å². The van der Waals surface area contributed by atoms with Gasteiger partial charge in [-0.1, -0.05) is 54.1 Å². The Hall–Kier alpha value is -2.52. The van der Waals surface area contributed by atoms with Gasteiger partial charge in [0, 0.05) is 5.56 Å². The molecule has 0 aromatic heterocycles. The molecule has 0 saturated carbocycles. The highest BCUT2D eigenvalue weighted by Gasteiger charge is 2.04. The molecule has 0 aliphatic heterocycles. The fraction of sp³-hybridized carbons (Fsp3) is 0. The van der Waals surface area contributed by atoms with Gasteiger partial charge in [-0.2, -0.15) is 5.10 Å². The molecule has 104 valence electrons. The molecule has 0 atom stereocenters. The summed E-state index contributed by atoms with van der Waals surface area (Å²) >= 11 is 6.05. The average molecular weight is 297 g/mol. The molecule has 0 bridgehead atoms. The third-order valence-electron chi connectivity index (χ3n) is 3.20. The van der Waals surface area contributed by atoms with Crippen molar-refractivity contribution in [3.05, 3.63) is 71.2 Å². The van der Waals surface area contributed by atoms with E-state index >= 15 is 0 Å². The minimum absolute atomic E-state index is 0.193. The maximum atomic E-state index is 10.0. The van der Waals surface area contributed by atoms with E-state index in [1.807, 2.05) is 48.5 Å². The Morgan fingerprint density at radius 3 is 2.57 bits per heavy atom. The summed E-state index contributed by atoms with van der Waals surface area (Å²) in [4.78, 5) is 0. The monoisotopic (exact) mass is 296 g/mol. The van der Waals surface area contributed by atoms with Crippen LogP contribution in [0.3, 0.4) is 0 Å². The molecule has 0 aliphatic rings. The summed E-state index contributed by atoms with van der Waals surface area (Å²) in [5.41, 5.74) is 4.27. The van der Waals surface area contributed by atoms with Gasteiger partial charge in [0.2, 0.25) is 0 Å². The molecule has 0 spiro atoms. The molecule has 0 fully saturated rings. The Kier molecular flexibility index (Phi) is 3.75. The third-order valence-corrected chi connectivity index (χ3v) is 3.53. The SMILES string of the molecule is Oc1ccc2ccccc2c1C=NNc1ccccc1Cl. The number of fused-ring (bicyclic) bond motifs is 1.